The Labute approximate surface area is 172 Å². The number of ether oxygens (including phenoxy) is 1. The van der Waals surface area contributed by atoms with Crippen molar-refractivity contribution >= 4 is 27.5 Å². The molecule has 1 heterocycles. The third-order valence-electron chi connectivity index (χ3n) is 4.52. The van der Waals surface area contributed by atoms with Crippen LogP contribution in [0.4, 0.5) is 8.78 Å². The molecule has 29 heavy (non-hydrogen) atoms. The summed E-state index contributed by atoms with van der Waals surface area (Å²) >= 11 is 5.90. The number of hydrogen-bond acceptors (Lipinski definition) is 4. The van der Waals surface area contributed by atoms with Crippen molar-refractivity contribution in [1.29, 1.82) is 0 Å². The molecule has 1 unspecified atom stereocenters. The van der Waals surface area contributed by atoms with Crippen molar-refractivity contribution in [2.75, 3.05) is 26.2 Å². The standard InChI is InChI=1S/C19H19ClF2N2O4S/c1-13(28-16-4-2-3-14(20)11-16)19(25)23-7-9-24(10-8-23)29(26,27)18-6-5-15(21)12-17(18)22/h2-6,11-13H,7-10H2,1H3. The van der Waals surface area contributed by atoms with Gasteiger partial charge in [-0.15, -0.1) is 0 Å². The minimum absolute atomic E-state index is 0.00518. The molecule has 0 bridgehead atoms. The topological polar surface area (TPSA) is 66.9 Å². The Morgan fingerprint density at radius 2 is 1.79 bits per heavy atom. The van der Waals surface area contributed by atoms with Crippen molar-refractivity contribution < 1.29 is 26.7 Å². The van der Waals surface area contributed by atoms with E-state index in [0.717, 1.165) is 16.4 Å². The highest BCUT2D eigenvalue weighted by atomic mass is 35.5. The Balaban J connectivity index is 1.62. The summed E-state index contributed by atoms with van der Waals surface area (Å²) in [5, 5.41) is 0.481. The summed E-state index contributed by atoms with van der Waals surface area (Å²) in [6.07, 6.45) is -0.786. The Kier molecular flexibility index (Phi) is 6.40. The SMILES string of the molecule is CC(Oc1cccc(Cl)c1)C(=O)N1CCN(S(=O)(=O)c2ccc(F)cc2F)CC1. The molecule has 1 aliphatic heterocycles. The monoisotopic (exact) mass is 444 g/mol. The first-order valence-corrected chi connectivity index (χ1v) is 10.7. The van der Waals surface area contributed by atoms with Crippen molar-refractivity contribution in [3.05, 3.63) is 59.1 Å². The normalized spacial score (nSPS) is 16.5. The third kappa shape index (κ3) is 4.85. The van der Waals surface area contributed by atoms with Crippen molar-refractivity contribution in [2.45, 2.75) is 17.9 Å². The highest BCUT2D eigenvalue weighted by Crippen LogP contribution is 2.22. The first kappa shape index (κ1) is 21.5. The van der Waals surface area contributed by atoms with Crippen molar-refractivity contribution in [3.63, 3.8) is 0 Å². The zero-order chi connectivity index (χ0) is 21.2. The molecule has 1 fully saturated rings. The Bertz CT molecular complexity index is 1010. The maximum Gasteiger partial charge on any atom is 0.263 e. The molecule has 2 aromatic carbocycles. The summed E-state index contributed by atoms with van der Waals surface area (Å²) in [6.45, 7) is 1.85. The molecular formula is C19H19ClF2N2O4S. The molecule has 0 aliphatic carbocycles. The van der Waals surface area contributed by atoms with E-state index in [1.807, 2.05) is 0 Å². The van der Waals surface area contributed by atoms with Gasteiger partial charge in [0.15, 0.2) is 6.10 Å². The van der Waals surface area contributed by atoms with Gasteiger partial charge in [0, 0.05) is 37.3 Å². The largest absolute Gasteiger partial charge is 0.481 e. The molecule has 1 saturated heterocycles. The molecule has 0 aromatic heterocycles. The number of rotatable bonds is 5. The van der Waals surface area contributed by atoms with Crippen LogP contribution in [-0.4, -0.2) is 55.8 Å². The lowest BCUT2D eigenvalue weighted by atomic mass is 10.2. The molecule has 156 valence electrons. The summed E-state index contributed by atoms with van der Waals surface area (Å²) in [4.78, 5) is 13.5. The lowest BCUT2D eigenvalue weighted by Crippen LogP contribution is -2.53. The molecule has 0 radical (unpaired) electrons. The van der Waals surface area contributed by atoms with Gasteiger partial charge in [-0.05, 0) is 37.3 Å². The first-order chi connectivity index (χ1) is 13.7. The van der Waals surface area contributed by atoms with Crippen molar-refractivity contribution in [3.8, 4) is 5.75 Å². The van der Waals surface area contributed by atoms with E-state index in [0.29, 0.717) is 16.8 Å². The number of sulfonamides is 1. The molecule has 3 rings (SSSR count). The summed E-state index contributed by atoms with van der Waals surface area (Å²) in [5.41, 5.74) is 0. The smallest absolute Gasteiger partial charge is 0.263 e. The predicted octanol–water partition coefficient (Wildman–Crippen LogP) is 2.92. The van der Waals surface area contributed by atoms with Gasteiger partial charge in [0.25, 0.3) is 5.91 Å². The second kappa shape index (κ2) is 8.64. The average molecular weight is 445 g/mol. The van der Waals surface area contributed by atoms with Crippen LogP contribution >= 0.6 is 11.6 Å². The Morgan fingerprint density at radius 1 is 1.10 bits per heavy atom. The number of piperazine rings is 1. The van der Waals surface area contributed by atoms with Gasteiger partial charge in [-0.2, -0.15) is 4.31 Å². The van der Waals surface area contributed by atoms with Gasteiger partial charge in [-0.1, -0.05) is 17.7 Å². The van der Waals surface area contributed by atoms with E-state index < -0.39 is 32.7 Å². The van der Waals surface area contributed by atoms with Gasteiger partial charge < -0.3 is 9.64 Å². The number of benzene rings is 2. The summed E-state index contributed by atoms with van der Waals surface area (Å²) in [5.74, 6) is -1.85. The van der Waals surface area contributed by atoms with Gasteiger partial charge in [-0.25, -0.2) is 17.2 Å². The van der Waals surface area contributed by atoms with Crippen LogP contribution in [0.15, 0.2) is 47.4 Å². The van der Waals surface area contributed by atoms with E-state index in [4.69, 9.17) is 16.3 Å². The minimum atomic E-state index is -4.12. The number of halogens is 3. The zero-order valence-electron chi connectivity index (χ0n) is 15.5. The van der Waals surface area contributed by atoms with Crippen molar-refractivity contribution in [1.82, 2.24) is 9.21 Å². The van der Waals surface area contributed by atoms with Gasteiger partial charge in [0.05, 0.1) is 0 Å². The van der Waals surface area contributed by atoms with Crippen molar-refractivity contribution in [2.24, 2.45) is 0 Å². The van der Waals surface area contributed by atoms with Crippen LogP contribution in [0.1, 0.15) is 6.92 Å². The quantitative estimate of drug-likeness (QED) is 0.711. The van der Waals surface area contributed by atoms with Crippen LogP contribution in [0.25, 0.3) is 0 Å². The number of hydrogen-bond donors (Lipinski definition) is 0. The lowest BCUT2D eigenvalue weighted by molar-refractivity contribution is -0.139. The third-order valence-corrected chi connectivity index (χ3v) is 6.69. The number of nitrogens with zero attached hydrogens (tertiary/aromatic N) is 2. The molecule has 10 heteroatoms. The van der Waals surface area contributed by atoms with Gasteiger partial charge >= 0.3 is 0 Å². The maximum absolute atomic E-state index is 13.9. The zero-order valence-corrected chi connectivity index (χ0v) is 17.1. The minimum Gasteiger partial charge on any atom is -0.481 e. The van der Waals surface area contributed by atoms with Crippen LogP contribution in [0.2, 0.25) is 5.02 Å². The number of amides is 1. The van der Waals surface area contributed by atoms with Crippen LogP contribution in [0.5, 0.6) is 5.75 Å². The van der Waals surface area contributed by atoms with Crippen LogP contribution in [0, 0.1) is 11.6 Å². The Morgan fingerprint density at radius 3 is 2.41 bits per heavy atom. The van der Waals surface area contributed by atoms with Crippen LogP contribution in [0.3, 0.4) is 0 Å². The molecular weight excluding hydrogens is 426 g/mol. The predicted molar refractivity (Wildman–Crippen MR) is 103 cm³/mol. The van der Waals surface area contributed by atoms with E-state index in [1.54, 1.807) is 31.2 Å². The lowest BCUT2D eigenvalue weighted by Gasteiger charge is -2.35. The highest BCUT2D eigenvalue weighted by Gasteiger charge is 2.33. The molecule has 0 saturated carbocycles. The molecule has 2 aromatic rings. The molecule has 1 aliphatic rings. The van der Waals surface area contributed by atoms with Crippen LogP contribution in [-0.2, 0) is 14.8 Å². The van der Waals surface area contributed by atoms with E-state index in [9.17, 15) is 22.0 Å². The van der Waals surface area contributed by atoms with Gasteiger partial charge in [0.1, 0.15) is 22.3 Å². The molecule has 0 N–H and O–H groups in total. The summed E-state index contributed by atoms with van der Waals surface area (Å²) in [7, 11) is -4.12. The second-order valence-corrected chi connectivity index (χ2v) is 8.86. The average Bonchev–Trinajstić information content (AvgIpc) is 2.67. The first-order valence-electron chi connectivity index (χ1n) is 8.84. The summed E-state index contributed by atoms with van der Waals surface area (Å²) < 4.78 is 58.9. The highest BCUT2D eigenvalue weighted by molar-refractivity contribution is 7.89. The molecule has 1 atom stereocenters. The second-order valence-electron chi connectivity index (χ2n) is 6.52. The molecule has 1 amide bonds. The van der Waals surface area contributed by atoms with E-state index in [2.05, 4.69) is 0 Å². The fraction of sp³-hybridized carbons (Fsp3) is 0.316. The molecule has 6 nitrogen and oxygen atoms in total. The molecule has 0 spiro atoms. The fourth-order valence-electron chi connectivity index (χ4n) is 3.02. The fourth-order valence-corrected chi connectivity index (χ4v) is 4.67. The van der Waals surface area contributed by atoms with E-state index >= 15 is 0 Å². The van der Waals surface area contributed by atoms with Gasteiger partial charge in [-0.3, -0.25) is 4.79 Å². The Hall–Kier alpha value is -2.23. The number of carbonyl (C=O) groups excluding carboxylic acids is 1. The van der Waals surface area contributed by atoms with Crippen LogP contribution < -0.4 is 4.74 Å². The number of carbonyl (C=O) groups is 1. The van der Waals surface area contributed by atoms with Gasteiger partial charge in [0.2, 0.25) is 10.0 Å². The summed E-state index contributed by atoms with van der Waals surface area (Å²) in [6, 6.07) is 8.98. The van der Waals surface area contributed by atoms with E-state index in [1.165, 1.54) is 4.90 Å². The maximum atomic E-state index is 13.9. The van der Waals surface area contributed by atoms with E-state index in [-0.39, 0.29) is 32.1 Å².